The molecule has 0 unspecified atom stereocenters. The average Bonchev–Trinajstić information content (AvgIpc) is 2.48. The molecule has 0 aromatic heterocycles. The lowest BCUT2D eigenvalue weighted by atomic mass is 10.2. The van der Waals surface area contributed by atoms with E-state index in [-0.39, 0.29) is 12.5 Å². The maximum atomic E-state index is 11.8. The number of ether oxygens (including phenoxy) is 1. The quantitative estimate of drug-likeness (QED) is 0.850. The minimum absolute atomic E-state index is 0.144. The molecule has 2 aromatic carbocycles. The number of nitrogens with zero attached hydrogens (tertiary/aromatic N) is 1. The number of nitrogens with one attached hydrogen (secondary N) is 1. The molecule has 0 spiro atoms. The highest BCUT2D eigenvalue weighted by molar-refractivity contribution is 6.31. The number of amides is 1. The van der Waals surface area contributed by atoms with E-state index < -0.39 is 0 Å². The first-order chi connectivity index (χ1) is 10.1. The van der Waals surface area contributed by atoms with Crippen LogP contribution in [-0.2, 0) is 4.79 Å². The Balaban J connectivity index is 1.93. The molecule has 0 aliphatic carbocycles. The zero-order chi connectivity index (χ0) is 15.2. The fraction of sp³-hybridized carbons (Fsp3) is 0.0667. The van der Waals surface area contributed by atoms with Gasteiger partial charge in [-0.1, -0.05) is 11.6 Å². The van der Waals surface area contributed by atoms with E-state index >= 15 is 0 Å². The van der Waals surface area contributed by atoms with Crippen LogP contribution in [-0.4, -0.2) is 12.5 Å². The molecule has 0 aliphatic heterocycles. The van der Waals surface area contributed by atoms with E-state index in [9.17, 15) is 4.79 Å². The number of benzene rings is 2. The Labute approximate surface area is 126 Å². The van der Waals surface area contributed by atoms with Crippen LogP contribution in [0.25, 0.3) is 0 Å². The van der Waals surface area contributed by atoms with Gasteiger partial charge in [0.15, 0.2) is 6.61 Å². The Bertz CT molecular complexity index is 693. The minimum Gasteiger partial charge on any atom is -0.484 e. The minimum atomic E-state index is -0.335. The Morgan fingerprint density at radius 2 is 2.00 bits per heavy atom. The highest BCUT2D eigenvalue weighted by atomic mass is 35.5. The van der Waals surface area contributed by atoms with Crippen molar-refractivity contribution in [2.75, 3.05) is 17.7 Å². The van der Waals surface area contributed by atoms with Gasteiger partial charge in [-0.2, -0.15) is 5.26 Å². The molecule has 0 heterocycles. The highest BCUT2D eigenvalue weighted by Gasteiger charge is 2.06. The Kier molecular flexibility index (Phi) is 4.64. The summed E-state index contributed by atoms with van der Waals surface area (Å²) in [5.41, 5.74) is 6.96. The fourth-order valence-electron chi connectivity index (χ4n) is 1.60. The summed E-state index contributed by atoms with van der Waals surface area (Å²) in [7, 11) is 0. The highest BCUT2D eigenvalue weighted by Crippen LogP contribution is 2.19. The van der Waals surface area contributed by atoms with E-state index in [0.717, 1.165) is 0 Å². The summed E-state index contributed by atoms with van der Waals surface area (Å²) in [6.07, 6.45) is 0. The molecule has 2 aromatic rings. The largest absolute Gasteiger partial charge is 0.484 e. The van der Waals surface area contributed by atoms with E-state index in [2.05, 4.69) is 5.32 Å². The van der Waals surface area contributed by atoms with Gasteiger partial charge in [-0.3, -0.25) is 4.79 Å². The van der Waals surface area contributed by atoms with Gasteiger partial charge in [0.25, 0.3) is 5.91 Å². The zero-order valence-electron chi connectivity index (χ0n) is 11.0. The van der Waals surface area contributed by atoms with Crippen LogP contribution in [0, 0.1) is 11.3 Å². The van der Waals surface area contributed by atoms with Crippen LogP contribution in [0.2, 0.25) is 5.02 Å². The molecule has 5 nitrogen and oxygen atoms in total. The second-order valence-corrected chi connectivity index (χ2v) is 4.62. The number of hydrogen-bond donors (Lipinski definition) is 2. The van der Waals surface area contributed by atoms with E-state index in [1.165, 1.54) is 6.07 Å². The fourth-order valence-corrected chi connectivity index (χ4v) is 1.76. The number of halogens is 1. The summed E-state index contributed by atoms with van der Waals surface area (Å²) < 4.78 is 5.32. The first kappa shape index (κ1) is 14.7. The molecule has 0 atom stereocenters. The van der Waals surface area contributed by atoms with Crippen LogP contribution < -0.4 is 15.8 Å². The topological polar surface area (TPSA) is 88.1 Å². The predicted octanol–water partition coefficient (Wildman–Crippen LogP) is 2.81. The second-order valence-electron chi connectivity index (χ2n) is 4.21. The van der Waals surface area contributed by atoms with Crippen molar-refractivity contribution in [3.8, 4) is 11.8 Å². The SMILES string of the molecule is N#Cc1cc(NC(=O)COc2ccc(N)cc2)ccc1Cl. The van der Waals surface area contributed by atoms with E-state index in [4.69, 9.17) is 27.3 Å². The molecule has 0 fully saturated rings. The number of carbonyl (C=O) groups is 1. The molecule has 2 rings (SSSR count). The predicted molar refractivity (Wildman–Crippen MR) is 81.1 cm³/mol. The van der Waals surface area contributed by atoms with Crippen LogP contribution in [0.15, 0.2) is 42.5 Å². The van der Waals surface area contributed by atoms with Crippen LogP contribution in [0.3, 0.4) is 0 Å². The molecule has 0 bridgehead atoms. The van der Waals surface area contributed by atoms with Crippen molar-refractivity contribution in [2.45, 2.75) is 0 Å². The van der Waals surface area contributed by atoms with Gasteiger partial charge >= 0.3 is 0 Å². The van der Waals surface area contributed by atoms with Crippen LogP contribution in [0.4, 0.5) is 11.4 Å². The van der Waals surface area contributed by atoms with Gasteiger partial charge in [0.05, 0.1) is 10.6 Å². The first-order valence-electron chi connectivity index (χ1n) is 6.06. The third-order valence-electron chi connectivity index (χ3n) is 2.62. The number of nitrogen functional groups attached to an aromatic ring is 1. The summed E-state index contributed by atoms with van der Waals surface area (Å²) >= 11 is 5.82. The average molecular weight is 302 g/mol. The molecule has 6 heteroatoms. The van der Waals surface area contributed by atoms with Crippen LogP contribution in [0.5, 0.6) is 5.75 Å². The van der Waals surface area contributed by atoms with Crippen molar-refractivity contribution < 1.29 is 9.53 Å². The number of carbonyl (C=O) groups excluding carboxylic acids is 1. The van der Waals surface area contributed by atoms with E-state index in [1.54, 1.807) is 36.4 Å². The number of nitrogens with two attached hydrogens (primary N) is 1. The molecule has 0 saturated carbocycles. The van der Waals surface area contributed by atoms with Crippen LogP contribution in [0.1, 0.15) is 5.56 Å². The molecule has 106 valence electrons. The molecule has 0 saturated heterocycles. The maximum Gasteiger partial charge on any atom is 0.262 e. The Morgan fingerprint density at radius 3 is 2.67 bits per heavy atom. The van der Waals surface area contributed by atoms with Gasteiger partial charge in [-0.05, 0) is 42.5 Å². The summed E-state index contributed by atoms with van der Waals surface area (Å²) in [6, 6.07) is 13.3. The second kappa shape index (κ2) is 6.64. The Hall–Kier alpha value is -2.71. The third-order valence-corrected chi connectivity index (χ3v) is 2.95. The van der Waals surface area contributed by atoms with Crippen molar-refractivity contribution in [1.29, 1.82) is 5.26 Å². The summed E-state index contributed by atoms with van der Waals surface area (Å²) in [4.78, 5) is 11.8. The van der Waals surface area contributed by atoms with E-state index in [0.29, 0.717) is 27.7 Å². The lowest BCUT2D eigenvalue weighted by Crippen LogP contribution is -2.20. The van der Waals surface area contributed by atoms with Crippen molar-refractivity contribution in [3.05, 3.63) is 53.1 Å². The van der Waals surface area contributed by atoms with Crippen molar-refractivity contribution in [1.82, 2.24) is 0 Å². The van der Waals surface area contributed by atoms with E-state index in [1.807, 2.05) is 6.07 Å². The van der Waals surface area contributed by atoms with Gasteiger partial charge < -0.3 is 15.8 Å². The molecule has 3 N–H and O–H groups in total. The van der Waals surface area contributed by atoms with Gasteiger partial charge in [0.1, 0.15) is 11.8 Å². The summed E-state index contributed by atoms with van der Waals surface area (Å²) in [5.74, 6) is 0.214. The summed E-state index contributed by atoms with van der Waals surface area (Å²) in [6.45, 7) is -0.144. The molecule has 21 heavy (non-hydrogen) atoms. The Morgan fingerprint density at radius 1 is 1.29 bits per heavy atom. The van der Waals surface area contributed by atoms with Gasteiger partial charge in [0, 0.05) is 11.4 Å². The monoisotopic (exact) mass is 301 g/mol. The van der Waals surface area contributed by atoms with Crippen LogP contribution >= 0.6 is 11.6 Å². The molecular weight excluding hydrogens is 290 g/mol. The van der Waals surface area contributed by atoms with Crippen molar-refractivity contribution in [2.24, 2.45) is 0 Å². The number of rotatable bonds is 4. The third kappa shape index (κ3) is 4.13. The summed E-state index contributed by atoms with van der Waals surface area (Å²) in [5, 5.41) is 11.8. The standard InChI is InChI=1S/C15H12ClN3O2/c16-14-6-3-12(7-10(14)8-17)19-15(20)9-21-13-4-1-11(18)2-5-13/h1-7H,9,18H2,(H,19,20). The normalized spacial score (nSPS) is 9.71. The molecule has 0 radical (unpaired) electrons. The molecular formula is C15H12ClN3O2. The number of hydrogen-bond acceptors (Lipinski definition) is 4. The first-order valence-corrected chi connectivity index (χ1v) is 6.44. The number of nitriles is 1. The maximum absolute atomic E-state index is 11.8. The van der Waals surface area contributed by atoms with Gasteiger partial charge in [0.2, 0.25) is 0 Å². The van der Waals surface area contributed by atoms with Gasteiger partial charge in [-0.25, -0.2) is 0 Å². The smallest absolute Gasteiger partial charge is 0.262 e. The zero-order valence-corrected chi connectivity index (χ0v) is 11.7. The number of anilines is 2. The lowest BCUT2D eigenvalue weighted by molar-refractivity contribution is -0.118. The molecule has 1 amide bonds. The van der Waals surface area contributed by atoms with Gasteiger partial charge in [-0.15, -0.1) is 0 Å². The van der Waals surface area contributed by atoms with Crippen molar-refractivity contribution >= 4 is 28.9 Å². The lowest BCUT2D eigenvalue weighted by Gasteiger charge is -2.08. The van der Waals surface area contributed by atoms with Crippen molar-refractivity contribution in [3.63, 3.8) is 0 Å². The molecule has 0 aliphatic rings.